The van der Waals surface area contributed by atoms with Crippen LogP contribution in [0.25, 0.3) is 10.1 Å². The number of amides is 2. The van der Waals surface area contributed by atoms with Crippen LogP contribution in [0.3, 0.4) is 0 Å². The molecule has 1 aliphatic carbocycles. The number of carbonyl (C=O) groups is 3. The number of Topliss-reactive ketones (excluding diaryl/α,β-unsaturated/α-hetero) is 1. The molecule has 1 aliphatic heterocycles. The van der Waals surface area contributed by atoms with Crippen molar-refractivity contribution in [2.45, 2.75) is 44.3 Å². The number of nitrogens with one attached hydrogen (secondary N) is 1. The lowest BCUT2D eigenvalue weighted by Gasteiger charge is -2.37. The minimum absolute atomic E-state index is 0.0288. The molecule has 42 heavy (non-hydrogen) atoms. The van der Waals surface area contributed by atoms with Gasteiger partial charge in [-0.3, -0.25) is 14.4 Å². The summed E-state index contributed by atoms with van der Waals surface area (Å²) in [5, 5.41) is 11.5. The van der Waals surface area contributed by atoms with Crippen LogP contribution in [-0.2, 0) is 15.1 Å². The topological polar surface area (TPSA) is 180 Å². The van der Waals surface area contributed by atoms with E-state index in [1.54, 1.807) is 53.6 Å². The highest BCUT2D eigenvalue weighted by Gasteiger charge is 2.49. The number of hydrogen-bond acceptors (Lipinski definition) is 10. The molecule has 2 aromatic carbocycles. The molecule has 3 atom stereocenters. The van der Waals surface area contributed by atoms with E-state index in [0.717, 1.165) is 12.8 Å². The Hall–Kier alpha value is -4.39. The summed E-state index contributed by atoms with van der Waals surface area (Å²) in [7, 11) is 0. The van der Waals surface area contributed by atoms with Crippen LogP contribution in [0.1, 0.15) is 57.7 Å². The fourth-order valence-electron chi connectivity index (χ4n) is 6.06. The molecule has 2 aromatic heterocycles. The molecule has 1 saturated heterocycles. The van der Waals surface area contributed by atoms with Gasteiger partial charge in [-0.25, -0.2) is 0 Å². The summed E-state index contributed by atoms with van der Waals surface area (Å²) in [6.07, 6.45) is 3.09. The van der Waals surface area contributed by atoms with Crippen molar-refractivity contribution in [1.29, 1.82) is 0 Å². The highest BCUT2D eigenvalue weighted by Crippen LogP contribution is 2.50. The Kier molecular flexibility index (Phi) is 6.92. The zero-order valence-electron chi connectivity index (χ0n) is 23.2. The van der Waals surface area contributed by atoms with Gasteiger partial charge in [-0.05, 0) is 60.7 Å². The van der Waals surface area contributed by atoms with Gasteiger partial charge in [0, 0.05) is 55.0 Å². The first-order chi connectivity index (χ1) is 20.1. The van der Waals surface area contributed by atoms with Gasteiger partial charge in [-0.1, -0.05) is 12.1 Å². The van der Waals surface area contributed by atoms with E-state index >= 15 is 0 Å². The summed E-state index contributed by atoms with van der Waals surface area (Å²) in [5.74, 6) is 0.0376. The Morgan fingerprint density at radius 1 is 1.19 bits per heavy atom. The monoisotopic (exact) mass is 585 g/mol. The van der Waals surface area contributed by atoms with Crippen molar-refractivity contribution < 1.29 is 19.1 Å². The van der Waals surface area contributed by atoms with Crippen LogP contribution in [0.15, 0.2) is 48.7 Å². The molecular weight excluding hydrogens is 554 g/mol. The molecule has 0 saturated carbocycles. The first kappa shape index (κ1) is 27.8. The summed E-state index contributed by atoms with van der Waals surface area (Å²) >= 11 is 1.20. The van der Waals surface area contributed by atoms with Gasteiger partial charge < -0.3 is 32.2 Å². The largest absolute Gasteiger partial charge is 0.438 e. The van der Waals surface area contributed by atoms with Crippen molar-refractivity contribution in [3.63, 3.8) is 0 Å². The van der Waals surface area contributed by atoms with Gasteiger partial charge in [0.2, 0.25) is 11.8 Å². The molecule has 216 valence electrons. The number of thiophene rings is 1. The Morgan fingerprint density at radius 3 is 2.69 bits per heavy atom. The lowest BCUT2D eigenvalue weighted by atomic mass is 9.69. The average molecular weight is 586 g/mol. The number of ketones is 1. The third-order valence-corrected chi connectivity index (χ3v) is 9.37. The summed E-state index contributed by atoms with van der Waals surface area (Å²) < 4.78 is 6.47. The number of aryl methyl sites for hydroxylation is 1. The van der Waals surface area contributed by atoms with E-state index in [1.807, 2.05) is 6.92 Å². The summed E-state index contributed by atoms with van der Waals surface area (Å²) in [5.41, 5.74) is 21.2. The minimum Gasteiger partial charge on any atom is -0.438 e. The average Bonchev–Trinajstić information content (AvgIpc) is 3.38. The van der Waals surface area contributed by atoms with E-state index in [-0.39, 0.29) is 17.9 Å². The number of hydrogen-bond donors (Lipinski definition) is 4. The van der Waals surface area contributed by atoms with Gasteiger partial charge in [-0.2, -0.15) is 5.10 Å². The van der Waals surface area contributed by atoms with Crippen LogP contribution in [0.2, 0.25) is 0 Å². The number of carbonyl (C=O) groups excluding carboxylic acids is 3. The van der Waals surface area contributed by atoms with Crippen molar-refractivity contribution in [2.75, 3.05) is 18.8 Å². The van der Waals surface area contributed by atoms with E-state index < -0.39 is 17.4 Å². The Labute approximate surface area is 246 Å². The van der Waals surface area contributed by atoms with Gasteiger partial charge in [0.1, 0.15) is 11.3 Å². The minimum atomic E-state index is -1.59. The molecule has 4 aromatic rings. The number of piperidine rings is 1. The molecule has 0 bridgehead atoms. The smallest absolute Gasteiger partial charge is 0.262 e. The lowest BCUT2D eigenvalue weighted by molar-refractivity contribution is -0.130. The van der Waals surface area contributed by atoms with E-state index in [9.17, 15) is 14.4 Å². The molecule has 12 heteroatoms. The van der Waals surface area contributed by atoms with Crippen LogP contribution < -0.4 is 27.3 Å². The normalized spacial score (nSPS) is 21.8. The Morgan fingerprint density at radius 2 is 1.98 bits per heavy atom. The molecule has 0 spiro atoms. The van der Waals surface area contributed by atoms with E-state index in [2.05, 4.69) is 15.5 Å². The molecule has 3 unspecified atom stereocenters. The van der Waals surface area contributed by atoms with Gasteiger partial charge >= 0.3 is 0 Å². The van der Waals surface area contributed by atoms with E-state index in [0.29, 0.717) is 67.6 Å². The lowest BCUT2D eigenvalue weighted by Crippen LogP contribution is -2.53. The molecule has 11 nitrogen and oxygen atoms in total. The fourth-order valence-corrected chi connectivity index (χ4v) is 7.27. The third-order valence-electron chi connectivity index (χ3n) is 8.11. The first-order valence-corrected chi connectivity index (χ1v) is 14.5. The quantitative estimate of drug-likeness (QED) is 0.256. The van der Waals surface area contributed by atoms with Crippen molar-refractivity contribution in [3.05, 3.63) is 75.8 Å². The van der Waals surface area contributed by atoms with Gasteiger partial charge in [-0.15, -0.1) is 16.4 Å². The maximum Gasteiger partial charge on any atom is 0.262 e. The van der Waals surface area contributed by atoms with Crippen LogP contribution in [0.5, 0.6) is 11.6 Å². The van der Waals surface area contributed by atoms with Gasteiger partial charge in [0.05, 0.1) is 15.6 Å². The van der Waals surface area contributed by atoms with Crippen LogP contribution in [0, 0.1) is 6.92 Å². The second kappa shape index (κ2) is 10.5. The standard InChI is InChI=1S/C30H31N7O4S/c1-15-13-18(41-22-6-3-11-34-36-22)7-8-19(15)30(33)20-9-10-21(31)26-23(20)24(25(32)28(30)39)27(42-26)29(40)35-17-5-4-12-37(14-17)16(2)38/h3,6-11,13,17,25H,4-5,12,14,31-33H2,1-2H3,(H,35,40). The molecule has 3 heterocycles. The number of nitrogen functional groups attached to an aromatic ring is 1. The molecule has 0 radical (unpaired) electrons. The molecule has 1 fully saturated rings. The fraction of sp³-hybridized carbons (Fsp3) is 0.300. The maximum atomic E-state index is 14.1. The van der Waals surface area contributed by atoms with Crippen molar-refractivity contribution in [3.8, 4) is 11.6 Å². The molecular formula is C30H31N7O4S. The van der Waals surface area contributed by atoms with Gasteiger partial charge in [0.15, 0.2) is 5.78 Å². The number of benzene rings is 2. The highest BCUT2D eigenvalue weighted by atomic mass is 32.1. The van der Waals surface area contributed by atoms with E-state index in [4.69, 9.17) is 21.9 Å². The van der Waals surface area contributed by atoms with E-state index in [1.165, 1.54) is 18.3 Å². The predicted octanol–water partition coefficient (Wildman–Crippen LogP) is 2.90. The summed E-state index contributed by atoms with van der Waals surface area (Å²) in [4.78, 5) is 41.7. The zero-order chi connectivity index (χ0) is 29.8. The van der Waals surface area contributed by atoms with Crippen molar-refractivity contribution in [1.82, 2.24) is 20.4 Å². The van der Waals surface area contributed by atoms with Crippen molar-refractivity contribution >= 4 is 44.7 Å². The van der Waals surface area contributed by atoms with Crippen LogP contribution in [-0.4, -0.2) is 51.8 Å². The molecule has 2 aliphatic rings. The Bertz CT molecular complexity index is 1740. The van der Waals surface area contributed by atoms with Crippen molar-refractivity contribution in [2.24, 2.45) is 11.5 Å². The number of rotatable bonds is 5. The van der Waals surface area contributed by atoms with Crippen LogP contribution in [0.4, 0.5) is 5.69 Å². The third kappa shape index (κ3) is 4.48. The number of likely N-dealkylation sites (tertiary alicyclic amines) is 1. The second-order valence-electron chi connectivity index (χ2n) is 10.8. The first-order valence-electron chi connectivity index (χ1n) is 13.7. The number of aromatic nitrogens is 2. The SMILES string of the molecule is CC(=O)N1CCCC(NC(=O)c2sc3c(N)ccc4c3c2C(N)C(=O)C4(N)c2ccc(Oc3cccnn3)cc2C)C1. The molecule has 2 amide bonds. The molecule has 7 N–H and O–H groups in total. The Balaban J connectivity index is 1.40. The second-order valence-corrected chi connectivity index (χ2v) is 11.8. The highest BCUT2D eigenvalue weighted by molar-refractivity contribution is 7.21. The van der Waals surface area contributed by atoms with Crippen LogP contribution >= 0.6 is 11.3 Å². The number of nitrogens with two attached hydrogens (primary N) is 3. The summed E-state index contributed by atoms with van der Waals surface area (Å²) in [6.45, 7) is 4.47. The number of ether oxygens (including phenoxy) is 1. The number of nitrogens with zero attached hydrogens (tertiary/aromatic N) is 3. The number of anilines is 1. The van der Waals surface area contributed by atoms with Gasteiger partial charge in [0.25, 0.3) is 5.91 Å². The molecule has 6 rings (SSSR count). The zero-order valence-corrected chi connectivity index (χ0v) is 24.0. The summed E-state index contributed by atoms with van der Waals surface area (Å²) in [6, 6.07) is 10.7. The maximum absolute atomic E-state index is 14.1. The predicted molar refractivity (Wildman–Crippen MR) is 159 cm³/mol.